The van der Waals surface area contributed by atoms with Gasteiger partial charge in [0.05, 0.1) is 11.5 Å². The van der Waals surface area contributed by atoms with Gasteiger partial charge in [0, 0.05) is 29.8 Å². The van der Waals surface area contributed by atoms with E-state index < -0.39 is 4.92 Å². The highest BCUT2D eigenvalue weighted by atomic mass is 16.6. The van der Waals surface area contributed by atoms with Gasteiger partial charge in [-0.2, -0.15) is 0 Å². The molecule has 0 aliphatic heterocycles. The van der Waals surface area contributed by atoms with E-state index in [1.165, 1.54) is 18.2 Å². The Morgan fingerprint density at radius 2 is 2.10 bits per heavy atom. The van der Waals surface area contributed by atoms with Gasteiger partial charge in [-0.05, 0) is 44.0 Å². The summed E-state index contributed by atoms with van der Waals surface area (Å²) in [4.78, 5) is 24.8. The van der Waals surface area contributed by atoms with E-state index in [1.54, 1.807) is 29.2 Å². The van der Waals surface area contributed by atoms with Crippen LogP contribution in [0.3, 0.4) is 0 Å². The molecule has 0 atom stereocenters. The zero-order valence-corrected chi connectivity index (χ0v) is 15.6. The number of carbonyl (C=O) groups excluding carboxylic acids is 1. The van der Waals surface area contributed by atoms with E-state index in [-0.39, 0.29) is 36.0 Å². The van der Waals surface area contributed by atoms with Gasteiger partial charge in [-0.25, -0.2) is 0 Å². The van der Waals surface area contributed by atoms with Crippen LogP contribution in [0.15, 0.2) is 51.3 Å². The fourth-order valence-electron chi connectivity index (χ4n) is 2.90. The Balaban J connectivity index is 1.48. The fourth-order valence-corrected chi connectivity index (χ4v) is 2.90. The molecule has 0 bridgehead atoms. The van der Waals surface area contributed by atoms with Crippen LogP contribution in [-0.4, -0.2) is 32.0 Å². The van der Waals surface area contributed by atoms with Gasteiger partial charge in [0.25, 0.3) is 5.69 Å². The molecule has 3 aromatic rings. The standard InChI is InChI=1S/C20H18N4O5/c1-13-5-8-17(28-13)9-10-19(25)23(15-6-7-15)12-18-21-22-20(29-18)14-3-2-4-16(11-14)24(26)27/h2-5,8-11,15H,6-7,12H2,1H3. The highest BCUT2D eigenvalue weighted by Crippen LogP contribution is 2.29. The van der Waals surface area contributed by atoms with Crippen LogP contribution >= 0.6 is 0 Å². The molecule has 0 unspecified atom stereocenters. The second-order valence-electron chi connectivity index (χ2n) is 6.79. The molecule has 29 heavy (non-hydrogen) atoms. The average Bonchev–Trinajstić information content (AvgIpc) is 3.29. The first-order valence-corrected chi connectivity index (χ1v) is 9.12. The second kappa shape index (κ2) is 7.70. The van der Waals surface area contributed by atoms with Crippen LogP contribution in [0.25, 0.3) is 17.5 Å². The summed E-state index contributed by atoms with van der Waals surface area (Å²) in [7, 11) is 0. The lowest BCUT2D eigenvalue weighted by Gasteiger charge is -2.18. The molecular formula is C20H18N4O5. The fraction of sp³-hybridized carbons (Fsp3) is 0.250. The quantitative estimate of drug-likeness (QED) is 0.340. The van der Waals surface area contributed by atoms with E-state index in [1.807, 2.05) is 13.0 Å². The number of carbonyl (C=O) groups is 1. The third-order valence-corrected chi connectivity index (χ3v) is 4.50. The first-order chi connectivity index (χ1) is 14.0. The Hall–Kier alpha value is -3.75. The number of rotatable bonds is 7. The smallest absolute Gasteiger partial charge is 0.270 e. The monoisotopic (exact) mass is 394 g/mol. The lowest BCUT2D eigenvalue weighted by Crippen LogP contribution is -2.31. The van der Waals surface area contributed by atoms with Crippen molar-refractivity contribution in [2.75, 3.05) is 0 Å². The van der Waals surface area contributed by atoms with Crippen molar-refractivity contribution in [3.63, 3.8) is 0 Å². The van der Waals surface area contributed by atoms with E-state index in [0.29, 0.717) is 11.3 Å². The van der Waals surface area contributed by atoms with Crippen molar-refractivity contribution in [3.05, 3.63) is 70.0 Å². The Labute approximate surface area is 165 Å². The Morgan fingerprint density at radius 1 is 1.28 bits per heavy atom. The lowest BCUT2D eigenvalue weighted by atomic mass is 10.2. The molecule has 4 rings (SSSR count). The van der Waals surface area contributed by atoms with Crippen molar-refractivity contribution in [3.8, 4) is 11.5 Å². The molecule has 0 saturated heterocycles. The summed E-state index contributed by atoms with van der Waals surface area (Å²) >= 11 is 0. The SMILES string of the molecule is Cc1ccc(C=CC(=O)N(Cc2nnc(-c3cccc([N+](=O)[O-])c3)o2)C2CC2)o1. The Kier molecular flexibility index (Phi) is 4.94. The summed E-state index contributed by atoms with van der Waals surface area (Å²) in [5.74, 6) is 1.66. The van der Waals surface area contributed by atoms with Crippen molar-refractivity contribution in [2.24, 2.45) is 0 Å². The first-order valence-electron chi connectivity index (χ1n) is 9.12. The maximum Gasteiger partial charge on any atom is 0.270 e. The molecule has 148 valence electrons. The molecule has 9 nitrogen and oxygen atoms in total. The van der Waals surface area contributed by atoms with Crippen LogP contribution in [0.1, 0.15) is 30.3 Å². The number of non-ortho nitro benzene ring substituents is 1. The van der Waals surface area contributed by atoms with Gasteiger partial charge >= 0.3 is 0 Å². The first kappa shape index (κ1) is 18.6. The lowest BCUT2D eigenvalue weighted by molar-refractivity contribution is -0.384. The number of nitro benzene ring substituents is 1. The summed E-state index contributed by atoms with van der Waals surface area (Å²) in [5, 5.41) is 18.9. The van der Waals surface area contributed by atoms with Crippen LogP contribution in [-0.2, 0) is 11.3 Å². The summed E-state index contributed by atoms with van der Waals surface area (Å²) in [5.41, 5.74) is 0.394. The normalized spacial score (nSPS) is 13.7. The summed E-state index contributed by atoms with van der Waals surface area (Å²) in [6.45, 7) is 2.01. The number of aryl methyl sites for hydroxylation is 1. The molecular weight excluding hydrogens is 376 g/mol. The highest BCUT2D eigenvalue weighted by molar-refractivity contribution is 5.91. The van der Waals surface area contributed by atoms with E-state index in [4.69, 9.17) is 8.83 Å². The zero-order chi connectivity index (χ0) is 20.4. The third-order valence-electron chi connectivity index (χ3n) is 4.50. The Bertz CT molecular complexity index is 1080. The number of benzene rings is 1. The maximum absolute atomic E-state index is 12.6. The van der Waals surface area contributed by atoms with E-state index in [9.17, 15) is 14.9 Å². The van der Waals surface area contributed by atoms with E-state index in [2.05, 4.69) is 10.2 Å². The van der Waals surface area contributed by atoms with Gasteiger partial charge in [0.15, 0.2) is 0 Å². The number of hydrogen-bond donors (Lipinski definition) is 0. The molecule has 1 fully saturated rings. The molecule has 0 radical (unpaired) electrons. The van der Waals surface area contributed by atoms with Crippen molar-refractivity contribution < 1.29 is 18.6 Å². The van der Waals surface area contributed by atoms with Gasteiger partial charge in [-0.3, -0.25) is 14.9 Å². The number of nitro groups is 1. The number of hydrogen-bond acceptors (Lipinski definition) is 7. The Morgan fingerprint density at radius 3 is 2.79 bits per heavy atom. The minimum atomic E-state index is -0.485. The van der Waals surface area contributed by atoms with Crippen molar-refractivity contribution in [1.29, 1.82) is 0 Å². The molecule has 9 heteroatoms. The topological polar surface area (TPSA) is 116 Å². The largest absolute Gasteiger partial charge is 0.462 e. The minimum absolute atomic E-state index is 0.0599. The van der Waals surface area contributed by atoms with Crippen molar-refractivity contribution in [2.45, 2.75) is 32.4 Å². The maximum atomic E-state index is 12.6. The predicted molar refractivity (Wildman–Crippen MR) is 102 cm³/mol. The van der Waals surface area contributed by atoms with Gasteiger partial charge in [0.2, 0.25) is 17.7 Å². The molecule has 0 N–H and O–H groups in total. The number of amides is 1. The van der Waals surface area contributed by atoms with Crippen LogP contribution < -0.4 is 0 Å². The van der Waals surface area contributed by atoms with E-state index >= 15 is 0 Å². The number of furan rings is 1. The molecule has 2 aromatic heterocycles. The second-order valence-corrected chi connectivity index (χ2v) is 6.79. The summed E-state index contributed by atoms with van der Waals surface area (Å²) in [6.07, 6.45) is 4.94. The molecule has 1 aliphatic rings. The van der Waals surface area contributed by atoms with Crippen LogP contribution in [0.4, 0.5) is 5.69 Å². The van der Waals surface area contributed by atoms with Gasteiger partial charge in [-0.15, -0.1) is 10.2 Å². The molecule has 2 heterocycles. The third kappa shape index (κ3) is 4.40. The number of nitrogens with zero attached hydrogens (tertiary/aromatic N) is 4. The van der Waals surface area contributed by atoms with Crippen LogP contribution in [0, 0.1) is 17.0 Å². The van der Waals surface area contributed by atoms with Gasteiger partial charge in [0.1, 0.15) is 11.5 Å². The predicted octanol–water partition coefficient (Wildman–Crippen LogP) is 3.75. The summed E-state index contributed by atoms with van der Waals surface area (Å²) < 4.78 is 11.1. The minimum Gasteiger partial charge on any atom is -0.462 e. The average molecular weight is 394 g/mol. The molecule has 1 aliphatic carbocycles. The molecule has 1 saturated carbocycles. The van der Waals surface area contributed by atoms with Gasteiger partial charge < -0.3 is 13.7 Å². The van der Waals surface area contributed by atoms with E-state index in [0.717, 1.165) is 18.6 Å². The zero-order valence-electron chi connectivity index (χ0n) is 15.6. The molecule has 1 aromatic carbocycles. The van der Waals surface area contributed by atoms with Crippen LogP contribution in [0.2, 0.25) is 0 Å². The van der Waals surface area contributed by atoms with Crippen LogP contribution in [0.5, 0.6) is 0 Å². The summed E-state index contributed by atoms with van der Waals surface area (Å²) in [6, 6.07) is 9.73. The molecule has 1 amide bonds. The molecule has 0 spiro atoms. The van der Waals surface area contributed by atoms with Crippen molar-refractivity contribution >= 4 is 17.7 Å². The number of aromatic nitrogens is 2. The van der Waals surface area contributed by atoms with Gasteiger partial charge in [-0.1, -0.05) is 6.07 Å². The highest BCUT2D eigenvalue weighted by Gasteiger charge is 2.33. The van der Waals surface area contributed by atoms with Crippen molar-refractivity contribution in [1.82, 2.24) is 15.1 Å².